The van der Waals surface area contributed by atoms with Crippen LogP contribution in [-0.2, 0) is 10.0 Å². The Balaban J connectivity index is 2.45. The van der Waals surface area contributed by atoms with E-state index in [0.717, 1.165) is 4.47 Å². The zero-order valence-electron chi connectivity index (χ0n) is 11.6. The van der Waals surface area contributed by atoms with Crippen LogP contribution in [0.15, 0.2) is 51.8 Å². The monoisotopic (exact) mass is 370 g/mol. The largest absolute Gasteiger partial charge is 0.495 e. The van der Waals surface area contributed by atoms with Crippen LogP contribution in [0.25, 0.3) is 0 Å². The third-order valence-corrected chi connectivity index (χ3v) is 4.77. The average molecular weight is 371 g/mol. The maximum absolute atomic E-state index is 12.5. The number of sulfonamides is 1. The Kier molecular flexibility index (Phi) is 4.74. The molecule has 0 bridgehead atoms. The quantitative estimate of drug-likeness (QED) is 0.847. The van der Waals surface area contributed by atoms with Gasteiger partial charge in [-0.1, -0.05) is 28.1 Å². The number of benzene rings is 2. The molecule has 112 valence electrons. The van der Waals surface area contributed by atoms with Crippen molar-refractivity contribution in [2.24, 2.45) is 0 Å². The number of para-hydroxylation sites is 1. The van der Waals surface area contributed by atoms with Crippen LogP contribution in [0.3, 0.4) is 0 Å². The summed E-state index contributed by atoms with van der Waals surface area (Å²) in [5.41, 5.74) is 0.900. The molecule has 0 atom stereocenters. The summed E-state index contributed by atoms with van der Waals surface area (Å²) in [5.74, 6) is 0.448. The number of hydrogen-bond acceptors (Lipinski definition) is 4. The molecule has 0 radical (unpaired) electrons. The van der Waals surface area contributed by atoms with Crippen LogP contribution in [0.5, 0.6) is 5.75 Å². The van der Waals surface area contributed by atoms with Crippen LogP contribution in [0.2, 0.25) is 0 Å². The van der Waals surface area contributed by atoms with Gasteiger partial charge < -0.3 is 10.1 Å². The molecule has 2 rings (SSSR count). The minimum Gasteiger partial charge on any atom is -0.495 e. The van der Waals surface area contributed by atoms with Crippen molar-refractivity contribution in [2.45, 2.75) is 4.90 Å². The summed E-state index contributed by atoms with van der Waals surface area (Å²) in [4.78, 5) is 0.175. The second-order valence-electron chi connectivity index (χ2n) is 4.20. The molecule has 7 heteroatoms. The second-order valence-corrected chi connectivity index (χ2v) is 6.76. The fourth-order valence-electron chi connectivity index (χ4n) is 1.87. The maximum Gasteiger partial charge on any atom is 0.264 e. The first-order valence-electron chi connectivity index (χ1n) is 6.11. The van der Waals surface area contributed by atoms with Crippen LogP contribution in [-0.4, -0.2) is 22.6 Å². The summed E-state index contributed by atoms with van der Waals surface area (Å²) >= 11 is 3.31. The molecule has 0 heterocycles. The number of hydrogen-bond donors (Lipinski definition) is 2. The topological polar surface area (TPSA) is 67.4 Å². The van der Waals surface area contributed by atoms with E-state index >= 15 is 0 Å². The van der Waals surface area contributed by atoms with Gasteiger partial charge in [0.05, 0.1) is 18.5 Å². The van der Waals surface area contributed by atoms with Crippen molar-refractivity contribution in [3.8, 4) is 5.75 Å². The first-order valence-corrected chi connectivity index (χ1v) is 8.38. The Morgan fingerprint density at radius 2 is 1.81 bits per heavy atom. The first-order chi connectivity index (χ1) is 9.97. The van der Waals surface area contributed by atoms with Gasteiger partial charge in [0.1, 0.15) is 10.6 Å². The van der Waals surface area contributed by atoms with E-state index in [0.29, 0.717) is 17.1 Å². The minimum atomic E-state index is -3.72. The average Bonchev–Trinajstić information content (AvgIpc) is 2.47. The number of rotatable bonds is 5. The molecule has 0 unspecified atom stereocenters. The van der Waals surface area contributed by atoms with E-state index in [9.17, 15) is 8.42 Å². The molecule has 0 aliphatic carbocycles. The third-order valence-electron chi connectivity index (χ3n) is 2.85. The van der Waals surface area contributed by atoms with E-state index in [1.165, 1.54) is 7.11 Å². The van der Waals surface area contributed by atoms with Crippen LogP contribution >= 0.6 is 15.9 Å². The summed E-state index contributed by atoms with van der Waals surface area (Å²) in [6.07, 6.45) is 0. The van der Waals surface area contributed by atoms with Crippen molar-refractivity contribution < 1.29 is 13.2 Å². The van der Waals surface area contributed by atoms with Crippen molar-refractivity contribution in [1.82, 2.24) is 0 Å². The fraction of sp³-hybridized carbons (Fsp3) is 0.143. The van der Waals surface area contributed by atoms with Crippen LogP contribution in [0.1, 0.15) is 0 Å². The molecule has 0 saturated heterocycles. The standard InChI is InChI=1S/C14H15BrN2O3S/c1-16-11-5-3-4-6-14(11)21(18,19)17-12-9-10(15)7-8-13(12)20-2/h3-9,16-17H,1-2H3. The predicted molar refractivity (Wildman–Crippen MR) is 87.5 cm³/mol. The first kappa shape index (κ1) is 15.7. The van der Waals surface area contributed by atoms with E-state index in [-0.39, 0.29) is 4.90 Å². The molecule has 2 aromatic rings. The zero-order valence-corrected chi connectivity index (χ0v) is 14.0. The summed E-state index contributed by atoms with van der Waals surface area (Å²) < 4.78 is 33.6. The lowest BCUT2D eigenvalue weighted by Gasteiger charge is -2.14. The smallest absolute Gasteiger partial charge is 0.264 e. The van der Waals surface area contributed by atoms with Crippen LogP contribution in [0, 0.1) is 0 Å². The highest BCUT2D eigenvalue weighted by Gasteiger charge is 2.19. The molecular weight excluding hydrogens is 356 g/mol. The molecule has 0 amide bonds. The van der Waals surface area contributed by atoms with Gasteiger partial charge in [-0.2, -0.15) is 0 Å². The van der Waals surface area contributed by atoms with Gasteiger partial charge in [-0.05, 0) is 30.3 Å². The molecule has 0 aliphatic rings. The van der Waals surface area contributed by atoms with Crippen LogP contribution in [0.4, 0.5) is 11.4 Å². The summed E-state index contributed by atoms with van der Waals surface area (Å²) in [7, 11) is -0.555. The lowest BCUT2D eigenvalue weighted by atomic mass is 10.3. The highest BCUT2D eigenvalue weighted by molar-refractivity contribution is 9.10. The Bertz CT molecular complexity index is 748. The molecule has 0 spiro atoms. The molecule has 2 N–H and O–H groups in total. The number of anilines is 2. The summed E-state index contributed by atoms with van der Waals surface area (Å²) in [6, 6.07) is 11.8. The SMILES string of the molecule is CNc1ccccc1S(=O)(=O)Nc1cc(Br)ccc1OC. The number of methoxy groups -OCH3 is 1. The number of nitrogens with one attached hydrogen (secondary N) is 2. The number of ether oxygens (including phenoxy) is 1. The predicted octanol–water partition coefficient (Wildman–Crippen LogP) is 3.30. The molecule has 0 saturated carbocycles. The van der Waals surface area contributed by atoms with Crippen molar-refractivity contribution in [2.75, 3.05) is 24.2 Å². The van der Waals surface area contributed by atoms with Gasteiger partial charge in [-0.25, -0.2) is 8.42 Å². The molecular formula is C14H15BrN2O3S. The molecule has 21 heavy (non-hydrogen) atoms. The Morgan fingerprint density at radius 3 is 2.48 bits per heavy atom. The highest BCUT2D eigenvalue weighted by atomic mass is 79.9. The minimum absolute atomic E-state index is 0.175. The molecule has 5 nitrogen and oxygen atoms in total. The van der Waals surface area contributed by atoms with Gasteiger partial charge in [-0.3, -0.25) is 4.72 Å². The van der Waals surface area contributed by atoms with Crippen molar-refractivity contribution >= 4 is 37.3 Å². The molecule has 0 aromatic heterocycles. The van der Waals surface area contributed by atoms with Gasteiger partial charge >= 0.3 is 0 Å². The molecule has 0 fully saturated rings. The second kappa shape index (κ2) is 6.36. The van der Waals surface area contributed by atoms with E-state index < -0.39 is 10.0 Å². The normalized spacial score (nSPS) is 11.0. The van der Waals surface area contributed by atoms with E-state index in [1.54, 1.807) is 49.5 Å². The molecule has 0 aliphatic heterocycles. The maximum atomic E-state index is 12.5. The Labute approximate surface area is 132 Å². The van der Waals surface area contributed by atoms with Gasteiger partial charge in [0.25, 0.3) is 10.0 Å². The van der Waals surface area contributed by atoms with E-state index in [4.69, 9.17) is 4.74 Å². The van der Waals surface area contributed by atoms with Gasteiger partial charge in [0.15, 0.2) is 0 Å². The van der Waals surface area contributed by atoms with Crippen LogP contribution < -0.4 is 14.8 Å². The summed E-state index contributed by atoms with van der Waals surface area (Å²) in [5, 5.41) is 2.87. The van der Waals surface area contributed by atoms with Gasteiger partial charge in [0, 0.05) is 11.5 Å². The van der Waals surface area contributed by atoms with Crippen molar-refractivity contribution in [1.29, 1.82) is 0 Å². The highest BCUT2D eigenvalue weighted by Crippen LogP contribution is 2.31. The van der Waals surface area contributed by atoms with Gasteiger partial charge in [-0.15, -0.1) is 0 Å². The van der Waals surface area contributed by atoms with E-state index in [2.05, 4.69) is 26.0 Å². The van der Waals surface area contributed by atoms with Gasteiger partial charge in [0.2, 0.25) is 0 Å². The Hall–Kier alpha value is -1.73. The summed E-state index contributed by atoms with van der Waals surface area (Å²) in [6.45, 7) is 0. The van der Waals surface area contributed by atoms with E-state index in [1.807, 2.05) is 0 Å². The lowest BCUT2D eigenvalue weighted by Crippen LogP contribution is -2.15. The molecule has 2 aromatic carbocycles. The van der Waals surface area contributed by atoms with Crippen molar-refractivity contribution in [3.05, 3.63) is 46.9 Å². The fourth-order valence-corrected chi connectivity index (χ4v) is 3.50. The third kappa shape index (κ3) is 3.48. The van der Waals surface area contributed by atoms with Crippen molar-refractivity contribution in [3.63, 3.8) is 0 Å². The lowest BCUT2D eigenvalue weighted by molar-refractivity contribution is 0.417. The number of halogens is 1. The Morgan fingerprint density at radius 1 is 1.10 bits per heavy atom. The zero-order chi connectivity index (χ0) is 15.5.